The molecule has 19 heavy (non-hydrogen) atoms. The van der Waals surface area contributed by atoms with Crippen LogP contribution in [0.4, 0.5) is 5.69 Å². The zero-order valence-electron chi connectivity index (χ0n) is 10.5. The monoisotopic (exact) mass is 250 g/mol. The summed E-state index contributed by atoms with van der Waals surface area (Å²) in [4.78, 5) is 16.3. The van der Waals surface area contributed by atoms with Crippen LogP contribution in [-0.4, -0.2) is 18.2 Å². The molecule has 0 atom stereocenters. The van der Waals surface area contributed by atoms with Crippen LogP contribution in [0.3, 0.4) is 0 Å². The van der Waals surface area contributed by atoms with Gasteiger partial charge in [-0.25, -0.2) is 0 Å². The lowest BCUT2D eigenvalue weighted by Gasteiger charge is -2.16. The SMILES string of the molecule is O=C1CCN=C(c2ccccc2)c2ccccc2N1. The molecule has 0 saturated carbocycles. The fourth-order valence-electron chi connectivity index (χ4n) is 2.21. The number of carbonyl (C=O) groups is 1. The summed E-state index contributed by atoms with van der Waals surface area (Å²) < 4.78 is 0. The van der Waals surface area contributed by atoms with Gasteiger partial charge in [0.05, 0.1) is 11.4 Å². The van der Waals surface area contributed by atoms with Crippen molar-refractivity contribution in [2.24, 2.45) is 4.99 Å². The lowest BCUT2D eigenvalue weighted by atomic mass is 9.99. The molecule has 3 nitrogen and oxygen atoms in total. The largest absolute Gasteiger partial charge is 0.325 e. The Kier molecular flexibility index (Phi) is 3.11. The van der Waals surface area contributed by atoms with E-state index >= 15 is 0 Å². The van der Waals surface area contributed by atoms with Gasteiger partial charge in [0.25, 0.3) is 0 Å². The Morgan fingerprint density at radius 2 is 1.68 bits per heavy atom. The fourth-order valence-corrected chi connectivity index (χ4v) is 2.21. The van der Waals surface area contributed by atoms with Gasteiger partial charge >= 0.3 is 0 Å². The second-order valence-electron chi connectivity index (χ2n) is 4.44. The van der Waals surface area contributed by atoms with Crippen molar-refractivity contribution in [1.82, 2.24) is 0 Å². The van der Waals surface area contributed by atoms with Gasteiger partial charge in [-0.1, -0.05) is 48.5 Å². The van der Waals surface area contributed by atoms with Crippen molar-refractivity contribution in [3.05, 3.63) is 65.7 Å². The third-order valence-corrected chi connectivity index (χ3v) is 3.11. The lowest BCUT2D eigenvalue weighted by molar-refractivity contribution is -0.116. The van der Waals surface area contributed by atoms with Gasteiger partial charge in [0.2, 0.25) is 5.91 Å². The maximum Gasteiger partial charge on any atom is 0.226 e. The number of para-hydroxylation sites is 1. The van der Waals surface area contributed by atoms with E-state index in [1.165, 1.54) is 0 Å². The number of benzene rings is 2. The van der Waals surface area contributed by atoms with Crippen molar-refractivity contribution in [2.45, 2.75) is 6.42 Å². The molecule has 3 heteroatoms. The predicted molar refractivity (Wildman–Crippen MR) is 76.6 cm³/mol. The Bertz CT molecular complexity index is 632. The normalized spacial score (nSPS) is 14.7. The second-order valence-corrected chi connectivity index (χ2v) is 4.44. The number of rotatable bonds is 1. The van der Waals surface area contributed by atoms with Crippen molar-refractivity contribution < 1.29 is 4.79 Å². The van der Waals surface area contributed by atoms with Gasteiger partial charge in [-0.05, 0) is 6.07 Å². The number of nitrogens with zero attached hydrogens (tertiary/aromatic N) is 1. The Labute approximate surface area is 112 Å². The summed E-state index contributed by atoms with van der Waals surface area (Å²) in [5.41, 5.74) is 3.82. The molecule has 0 bridgehead atoms. The molecule has 1 heterocycles. The quantitative estimate of drug-likeness (QED) is 0.830. The van der Waals surface area contributed by atoms with Crippen LogP contribution >= 0.6 is 0 Å². The van der Waals surface area contributed by atoms with Gasteiger partial charge in [-0.2, -0.15) is 0 Å². The predicted octanol–water partition coefficient (Wildman–Crippen LogP) is 2.87. The molecule has 3 rings (SSSR count). The summed E-state index contributed by atoms with van der Waals surface area (Å²) in [5, 5.41) is 2.94. The molecule has 0 unspecified atom stereocenters. The number of anilines is 1. The van der Waals surface area contributed by atoms with Crippen LogP contribution in [-0.2, 0) is 4.79 Å². The molecule has 1 aliphatic rings. The van der Waals surface area contributed by atoms with Gasteiger partial charge in [0, 0.05) is 24.1 Å². The van der Waals surface area contributed by atoms with Crippen molar-refractivity contribution in [1.29, 1.82) is 0 Å². The first-order valence-electron chi connectivity index (χ1n) is 6.34. The van der Waals surface area contributed by atoms with Gasteiger partial charge in [-0.3, -0.25) is 9.79 Å². The number of hydrogen-bond acceptors (Lipinski definition) is 2. The maximum absolute atomic E-state index is 11.7. The van der Waals surface area contributed by atoms with Crippen LogP contribution in [0.5, 0.6) is 0 Å². The van der Waals surface area contributed by atoms with E-state index in [4.69, 9.17) is 0 Å². The first-order chi connectivity index (χ1) is 9.34. The third kappa shape index (κ3) is 2.40. The second kappa shape index (κ2) is 5.06. The highest BCUT2D eigenvalue weighted by atomic mass is 16.1. The minimum Gasteiger partial charge on any atom is -0.325 e. The van der Waals surface area contributed by atoms with Crippen molar-refractivity contribution in [3.63, 3.8) is 0 Å². The molecule has 1 aliphatic heterocycles. The van der Waals surface area contributed by atoms with Crippen molar-refractivity contribution >= 4 is 17.3 Å². The van der Waals surface area contributed by atoms with E-state index in [1.807, 2.05) is 54.6 Å². The average Bonchev–Trinajstić information content (AvgIpc) is 2.43. The number of amides is 1. The molecule has 0 radical (unpaired) electrons. The summed E-state index contributed by atoms with van der Waals surface area (Å²) in [5.74, 6) is 0.0170. The molecule has 0 spiro atoms. The van der Waals surface area contributed by atoms with Crippen LogP contribution in [0.25, 0.3) is 0 Å². The molecule has 0 aromatic heterocycles. The molecule has 0 fully saturated rings. The summed E-state index contributed by atoms with van der Waals surface area (Å²) in [7, 11) is 0. The van der Waals surface area contributed by atoms with E-state index in [9.17, 15) is 4.79 Å². The summed E-state index contributed by atoms with van der Waals surface area (Å²) in [6, 6.07) is 17.9. The molecule has 2 aromatic rings. The van der Waals surface area contributed by atoms with Gasteiger partial charge in [-0.15, -0.1) is 0 Å². The van der Waals surface area contributed by atoms with Gasteiger partial charge in [0.15, 0.2) is 0 Å². The topological polar surface area (TPSA) is 41.5 Å². The number of carbonyl (C=O) groups excluding carboxylic acids is 1. The van der Waals surface area contributed by atoms with Crippen LogP contribution in [0.1, 0.15) is 17.5 Å². The molecular weight excluding hydrogens is 236 g/mol. The third-order valence-electron chi connectivity index (χ3n) is 3.11. The highest BCUT2D eigenvalue weighted by Crippen LogP contribution is 2.21. The van der Waals surface area contributed by atoms with Crippen molar-refractivity contribution in [3.8, 4) is 0 Å². The standard InChI is InChI=1S/C16H14N2O/c19-15-10-11-17-16(12-6-2-1-3-7-12)13-8-4-5-9-14(13)18-15/h1-9H,10-11H2,(H,18,19). The van der Waals surface area contributed by atoms with E-state index in [1.54, 1.807) is 0 Å². The zero-order valence-corrected chi connectivity index (χ0v) is 10.5. The minimum atomic E-state index is 0.0170. The Balaban J connectivity index is 2.14. The molecular formula is C16H14N2O. The highest BCUT2D eigenvalue weighted by Gasteiger charge is 2.15. The molecule has 0 saturated heterocycles. The summed E-state index contributed by atoms with van der Waals surface area (Å²) >= 11 is 0. The minimum absolute atomic E-state index is 0.0170. The smallest absolute Gasteiger partial charge is 0.226 e. The number of hydrogen-bond donors (Lipinski definition) is 1. The van der Waals surface area contributed by atoms with Crippen LogP contribution < -0.4 is 5.32 Å². The number of fused-ring (bicyclic) bond motifs is 1. The van der Waals surface area contributed by atoms with E-state index in [0.717, 1.165) is 22.5 Å². The molecule has 0 aliphatic carbocycles. The summed E-state index contributed by atoms with van der Waals surface area (Å²) in [6.07, 6.45) is 0.421. The van der Waals surface area contributed by atoms with E-state index in [0.29, 0.717) is 13.0 Å². The number of nitrogens with one attached hydrogen (secondary N) is 1. The van der Waals surface area contributed by atoms with E-state index < -0.39 is 0 Å². The van der Waals surface area contributed by atoms with Gasteiger partial charge < -0.3 is 5.32 Å². The Morgan fingerprint density at radius 3 is 2.53 bits per heavy atom. The fraction of sp³-hybridized carbons (Fsp3) is 0.125. The summed E-state index contributed by atoms with van der Waals surface area (Å²) in [6.45, 7) is 0.518. The Hall–Kier alpha value is -2.42. The van der Waals surface area contributed by atoms with E-state index in [2.05, 4.69) is 10.3 Å². The number of aliphatic imine (C=N–C) groups is 1. The van der Waals surface area contributed by atoms with Crippen molar-refractivity contribution in [2.75, 3.05) is 11.9 Å². The average molecular weight is 250 g/mol. The first-order valence-corrected chi connectivity index (χ1v) is 6.34. The highest BCUT2D eigenvalue weighted by molar-refractivity contribution is 6.17. The first kappa shape index (κ1) is 11.7. The maximum atomic E-state index is 11.7. The van der Waals surface area contributed by atoms with E-state index in [-0.39, 0.29) is 5.91 Å². The molecule has 2 aromatic carbocycles. The van der Waals surface area contributed by atoms with Crippen LogP contribution in [0, 0.1) is 0 Å². The Morgan fingerprint density at radius 1 is 0.947 bits per heavy atom. The lowest BCUT2D eigenvalue weighted by Crippen LogP contribution is -2.19. The van der Waals surface area contributed by atoms with Gasteiger partial charge in [0.1, 0.15) is 0 Å². The zero-order chi connectivity index (χ0) is 13.1. The molecule has 1 N–H and O–H groups in total. The molecule has 94 valence electrons. The molecule has 1 amide bonds. The van der Waals surface area contributed by atoms with Crippen LogP contribution in [0.2, 0.25) is 0 Å². The van der Waals surface area contributed by atoms with Crippen LogP contribution in [0.15, 0.2) is 59.6 Å².